The molecule has 2 aromatic heterocycles. The minimum absolute atomic E-state index is 0.166. The highest BCUT2D eigenvalue weighted by molar-refractivity contribution is 6.07. The van der Waals surface area contributed by atoms with Gasteiger partial charge in [-0.05, 0) is 30.3 Å². The maximum Gasteiger partial charge on any atom is 0.252 e. The summed E-state index contributed by atoms with van der Waals surface area (Å²) in [6, 6.07) is 22.8. The molecule has 0 atom stereocenters. The molecule has 0 fully saturated rings. The zero-order valence-corrected chi connectivity index (χ0v) is 15.4. The SMILES string of the molecule is COc1ccc2c(C(=O)NCc3ccccn3)cc(-c3ccccc3)nc2c1. The van der Waals surface area contributed by atoms with Gasteiger partial charge in [0.1, 0.15) is 5.75 Å². The van der Waals surface area contributed by atoms with E-state index >= 15 is 0 Å². The van der Waals surface area contributed by atoms with Gasteiger partial charge in [-0.2, -0.15) is 0 Å². The molecule has 0 unspecified atom stereocenters. The number of amides is 1. The Hall–Kier alpha value is -3.73. The van der Waals surface area contributed by atoms with Gasteiger partial charge >= 0.3 is 0 Å². The molecule has 0 aliphatic heterocycles. The lowest BCUT2D eigenvalue weighted by Gasteiger charge is -2.11. The smallest absolute Gasteiger partial charge is 0.252 e. The van der Waals surface area contributed by atoms with Gasteiger partial charge in [-0.15, -0.1) is 0 Å². The third kappa shape index (κ3) is 3.69. The van der Waals surface area contributed by atoms with Crippen molar-refractivity contribution in [3.8, 4) is 17.0 Å². The van der Waals surface area contributed by atoms with E-state index in [1.807, 2.05) is 72.8 Å². The zero-order chi connectivity index (χ0) is 19.3. The molecule has 1 N–H and O–H groups in total. The number of aromatic nitrogens is 2. The van der Waals surface area contributed by atoms with Crippen molar-refractivity contribution in [3.05, 3.63) is 90.3 Å². The molecular formula is C23H19N3O2. The van der Waals surface area contributed by atoms with Crippen molar-refractivity contribution in [1.82, 2.24) is 15.3 Å². The van der Waals surface area contributed by atoms with Gasteiger partial charge in [-0.25, -0.2) is 4.98 Å². The molecule has 0 aliphatic rings. The highest BCUT2D eigenvalue weighted by Crippen LogP contribution is 2.27. The normalized spacial score (nSPS) is 10.6. The molecule has 0 saturated carbocycles. The van der Waals surface area contributed by atoms with Crippen molar-refractivity contribution in [1.29, 1.82) is 0 Å². The van der Waals surface area contributed by atoms with Gasteiger partial charge in [0.2, 0.25) is 0 Å². The second-order valence-corrected chi connectivity index (χ2v) is 6.31. The van der Waals surface area contributed by atoms with Crippen molar-refractivity contribution in [2.75, 3.05) is 7.11 Å². The van der Waals surface area contributed by atoms with Gasteiger partial charge in [0, 0.05) is 23.2 Å². The number of hydrogen-bond acceptors (Lipinski definition) is 4. The van der Waals surface area contributed by atoms with Crippen LogP contribution in [0.1, 0.15) is 16.1 Å². The van der Waals surface area contributed by atoms with Crippen molar-refractivity contribution < 1.29 is 9.53 Å². The van der Waals surface area contributed by atoms with Crippen LogP contribution in [0.2, 0.25) is 0 Å². The molecule has 2 aromatic carbocycles. The molecule has 28 heavy (non-hydrogen) atoms. The van der Waals surface area contributed by atoms with E-state index in [1.165, 1.54) is 0 Å². The monoisotopic (exact) mass is 369 g/mol. The number of carbonyl (C=O) groups is 1. The Balaban J connectivity index is 1.75. The molecule has 0 radical (unpaired) electrons. The van der Waals surface area contributed by atoms with Crippen LogP contribution in [0.3, 0.4) is 0 Å². The largest absolute Gasteiger partial charge is 0.497 e. The Labute approximate surface area is 163 Å². The number of carbonyl (C=O) groups excluding carboxylic acids is 1. The van der Waals surface area contributed by atoms with Crippen LogP contribution in [0.25, 0.3) is 22.2 Å². The van der Waals surface area contributed by atoms with E-state index in [0.29, 0.717) is 23.4 Å². The van der Waals surface area contributed by atoms with Crippen molar-refractivity contribution in [2.45, 2.75) is 6.54 Å². The number of ether oxygens (including phenoxy) is 1. The zero-order valence-electron chi connectivity index (χ0n) is 15.4. The van der Waals surface area contributed by atoms with Gasteiger partial charge in [-0.3, -0.25) is 9.78 Å². The first-order valence-corrected chi connectivity index (χ1v) is 8.97. The first kappa shape index (κ1) is 17.7. The lowest BCUT2D eigenvalue weighted by atomic mass is 10.0. The van der Waals surface area contributed by atoms with E-state index < -0.39 is 0 Å². The highest BCUT2D eigenvalue weighted by atomic mass is 16.5. The topological polar surface area (TPSA) is 64.1 Å². The summed E-state index contributed by atoms with van der Waals surface area (Å²) in [5.41, 5.74) is 3.78. The summed E-state index contributed by atoms with van der Waals surface area (Å²) >= 11 is 0. The van der Waals surface area contributed by atoms with E-state index in [2.05, 4.69) is 10.3 Å². The highest BCUT2D eigenvalue weighted by Gasteiger charge is 2.15. The molecule has 4 rings (SSSR count). The molecule has 0 saturated heterocycles. The fourth-order valence-electron chi connectivity index (χ4n) is 3.05. The Morgan fingerprint density at radius 2 is 1.82 bits per heavy atom. The Kier molecular flexibility index (Phi) is 4.97. The van der Waals surface area contributed by atoms with Crippen LogP contribution in [0.4, 0.5) is 0 Å². The van der Waals surface area contributed by atoms with Crippen LogP contribution in [0, 0.1) is 0 Å². The maximum absolute atomic E-state index is 13.0. The maximum atomic E-state index is 13.0. The predicted molar refractivity (Wildman–Crippen MR) is 109 cm³/mol. The summed E-state index contributed by atoms with van der Waals surface area (Å²) < 4.78 is 5.32. The van der Waals surface area contributed by atoms with Crippen LogP contribution >= 0.6 is 0 Å². The van der Waals surface area contributed by atoms with Crippen molar-refractivity contribution >= 4 is 16.8 Å². The van der Waals surface area contributed by atoms with Crippen molar-refractivity contribution in [2.24, 2.45) is 0 Å². The summed E-state index contributed by atoms with van der Waals surface area (Å²) in [6.45, 7) is 0.361. The molecule has 0 aliphatic carbocycles. The number of pyridine rings is 2. The fourth-order valence-corrected chi connectivity index (χ4v) is 3.05. The molecule has 5 heteroatoms. The van der Waals surface area contributed by atoms with Crippen LogP contribution in [0.5, 0.6) is 5.75 Å². The molecule has 138 valence electrons. The molecule has 2 heterocycles. The minimum Gasteiger partial charge on any atom is -0.497 e. The van der Waals surface area contributed by atoms with E-state index in [1.54, 1.807) is 13.3 Å². The number of benzene rings is 2. The van der Waals surface area contributed by atoms with Crippen LogP contribution < -0.4 is 10.1 Å². The van der Waals surface area contributed by atoms with Crippen LogP contribution in [-0.4, -0.2) is 23.0 Å². The standard InChI is InChI=1S/C23H19N3O2/c1-28-18-10-11-19-20(23(27)25-15-17-9-5-6-12-24-17)14-21(26-22(19)13-18)16-7-3-2-4-8-16/h2-14H,15H2,1H3,(H,25,27). The Bertz CT molecular complexity index is 1110. The minimum atomic E-state index is -0.166. The molecule has 5 nitrogen and oxygen atoms in total. The molecule has 0 bridgehead atoms. The first-order chi connectivity index (χ1) is 13.7. The van der Waals surface area contributed by atoms with E-state index in [-0.39, 0.29) is 5.91 Å². The number of hydrogen-bond donors (Lipinski definition) is 1. The summed E-state index contributed by atoms with van der Waals surface area (Å²) in [5, 5.41) is 3.73. The number of nitrogens with one attached hydrogen (secondary N) is 1. The van der Waals surface area contributed by atoms with E-state index in [9.17, 15) is 4.79 Å². The Morgan fingerprint density at radius 1 is 1.00 bits per heavy atom. The van der Waals surface area contributed by atoms with Gasteiger partial charge < -0.3 is 10.1 Å². The summed E-state index contributed by atoms with van der Waals surface area (Å²) in [6.07, 6.45) is 1.71. The average molecular weight is 369 g/mol. The van der Waals surface area contributed by atoms with Crippen LogP contribution in [0.15, 0.2) is 79.0 Å². The third-order valence-electron chi connectivity index (χ3n) is 4.49. The number of fused-ring (bicyclic) bond motifs is 1. The number of nitrogens with zero attached hydrogens (tertiary/aromatic N) is 2. The van der Waals surface area contributed by atoms with Gasteiger partial charge in [0.05, 0.1) is 36.1 Å². The Morgan fingerprint density at radius 3 is 2.57 bits per heavy atom. The molecule has 4 aromatic rings. The molecule has 0 spiro atoms. The predicted octanol–water partition coefficient (Wildman–Crippen LogP) is 4.24. The van der Waals surface area contributed by atoms with E-state index in [4.69, 9.17) is 9.72 Å². The fraction of sp³-hybridized carbons (Fsp3) is 0.0870. The lowest BCUT2D eigenvalue weighted by molar-refractivity contribution is 0.0952. The second kappa shape index (κ2) is 7.88. The lowest BCUT2D eigenvalue weighted by Crippen LogP contribution is -2.23. The third-order valence-corrected chi connectivity index (χ3v) is 4.49. The van der Waals surface area contributed by atoms with Gasteiger partial charge in [-0.1, -0.05) is 36.4 Å². The molecular weight excluding hydrogens is 350 g/mol. The van der Waals surface area contributed by atoms with Crippen molar-refractivity contribution in [3.63, 3.8) is 0 Å². The molecule has 1 amide bonds. The van der Waals surface area contributed by atoms with Gasteiger partial charge in [0.15, 0.2) is 0 Å². The van der Waals surface area contributed by atoms with Crippen LogP contribution in [-0.2, 0) is 6.54 Å². The second-order valence-electron chi connectivity index (χ2n) is 6.31. The summed E-state index contributed by atoms with van der Waals surface area (Å²) in [5.74, 6) is 0.533. The summed E-state index contributed by atoms with van der Waals surface area (Å²) in [4.78, 5) is 22.0. The first-order valence-electron chi connectivity index (χ1n) is 8.97. The number of rotatable bonds is 5. The van der Waals surface area contributed by atoms with E-state index in [0.717, 1.165) is 22.3 Å². The average Bonchev–Trinajstić information content (AvgIpc) is 2.77. The summed E-state index contributed by atoms with van der Waals surface area (Å²) in [7, 11) is 1.61. The number of methoxy groups -OCH3 is 1. The quantitative estimate of drug-likeness (QED) is 0.572. The van der Waals surface area contributed by atoms with Gasteiger partial charge in [0.25, 0.3) is 5.91 Å².